The second kappa shape index (κ2) is 7.33. The lowest BCUT2D eigenvalue weighted by atomic mass is 10.1. The van der Waals surface area contributed by atoms with Crippen molar-refractivity contribution in [3.63, 3.8) is 0 Å². The molecule has 0 fully saturated rings. The van der Waals surface area contributed by atoms with Gasteiger partial charge in [0.1, 0.15) is 11.5 Å². The van der Waals surface area contributed by atoms with Gasteiger partial charge in [-0.15, -0.1) is 0 Å². The third-order valence-corrected chi connectivity index (χ3v) is 4.62. The van der Waals surface area contributed by atoms with Crippen LogP contribution in [0.4, 0.5) is 0 Å². The summed E-state index contributed by atoms with van der Waals surface area (Å²) in [7, 11) is 0. The first-order chi connectivity index (χ1) is 13.5. The van der Waals surface area contributed by atoms with Crippen LogP contribution in [0.5, 0.6) is 11.5 Å². The van der Waals surface area contributed by atoms with Crippen LogP contribution < -0.4 is 9.47 Å². The molecule has 3 aromatic rings. The maximum atomic E-state index is 12.6. The molecule has 5 heteroatoms. The highest BCUT2D eigenvalue weighted by Gasteiger charge is 2.28. The lowest BCUT2D eigenvalue weighted by Crippen LogP contribution is -2.09. The van der Waals surface area contributed by atoms with Gasteiger partial charge in [0.2, 0.25) is 5.78 Å². The molecule has 0 bridgehead atoms. The second-order valence-corrected chi connectivity index (χ2v) is 6.79. The minimum atomic E-state index is -0.578. The van der Waals surface area contributed by atoms with Gasteiger partial charge in [0.25, 0.3) is 0 Å². The molecule has 0 aromatic heterocycles. The van der Waals surface area contributed by atoms with E-state index in [4.69, 9.17) is 21.1 Å². The lowest BCUT2D eigenvalue weighted by molar-refractivity contribution is 0.0734. The molecule has 1 heterocycles. The number of rotatable bonds is 3. The van der Waals surface area contributed by atoms with Crippen molar-refractivity contribution in [3.05, 3.63) is 99.8 Å². The molecule has 0 radical (unpaired) electrons. The van der Waals surface area contributed by atoms with Gasteiger partial charge in [0.05, 0.1) is 16.1 Å². The van der Waals surface area contributed by atoms with Crippen molar-refractivity contribution < 1.29 is 19.1 Å². The molecule has 0 N–H and O–H groups in total. The highest BCUT2D eigenvalue weighted by atomic mass is 35.5. The summed E-state index contributed by atoms with van der Waals surface area (Å²) in [6, 6.07) is 19.1. The standard InChI is InChI=1S/C23H15ClO4/c1-14-5-4-6-15(11-14)12-21-22(25)18-10-9-16(13-20(18)28-21)27-23(26)17-7-2-3-8-19(17)24/h2-13H,1H3/b21-12-. The first kappa shape index (κ1) is 18.0. The van der Waals surface area contributed by atoms with Gasteiger partial charge in [-0.25, -0.2) is 4.79 Å². The predicted molar refractivity (Wildman–Crippen MR) is 107 cm³/mol. The molecule has 0 atom stereocenters. The lowest BCUT2D eigenvalue weighted by Gasteiger charge is -2.06. The van der Waals surface area contributed by atoms with Crippen LogP contribution in [-0.4, -0.2) is 11.8 Å². The molecule has 0 unspecified atom stereocenters. The molecule has 138 valence electrons. The summed E-state index contributed by atoms with van der Waals surface area (Å²) >= 11 is 6.03. The summed E-state index contributed by atoms with van der Waals surface area (Å²) in [6.45, 7) is 1.98. The average molecular weight is 391 g/mol. The molecule has 0 saturated heterocycles. The highest BCUT2D eigenvalue weighted by molar-refractivity contribution is 6.33. The number of carbonyl (C=O) groups is 2. The SMILES string of the molecule is Cc1cccc(/C=C2\Oc3cc(OC(=O)c4ccccc4Cl)ccc3C2=O)c1. The van der Waals surface area contributed by atoms with Crippen molar-refractivity contribution in [2.24, 2.45) is 0 Å². The summed E-state index contributed by atoms with van der Waals surface area (Å²) in [5.41, 5.74) is 2.66. The van der Waals surface area contributed by atoms with E-state index in [9.17, 15) is 9.59 Å². The number of hydrogen-bond donors (Lipinski definition) is 0. The summed E-state index contributed by atoms with van der Waals surface area (Å²) in [6.07, 6.45) is 1.70. The zero-order valence-electron chi connectivity index (χ0n) is 14.9. The van der Waals surface area contributed by atoms with Crippen molar-refractivity contribution in [2.75, 3.05) is 0 Å². The molecule has 3 aromatic carbocycles. The van der Waals surface area contributed by atoms with Gasteiger partial charge in [0.15, 0.2) is 5.76 Å². The topological polar surface area (TPSA) is 52.6 Å². The Balaban J connectivity index is 1.57. The summed E-state index contributed by atoms with van der Waals surface area (Å²) in [4.78, 5) is 24.9. The monoisotopic (exact) mass is 390 g/mol. The Labute approximate surface area is 167 Å². The third kappa shape index (κ3) is 3.55. The molecule has 0 amide bonds. The van der Waals surface area contributed by atoms with Crippen molar-refractivity contribution >= 4 is 29.4 Å². The van der Waals surface area contributed by atoms with Gasteiger partial charge in [-0.05, 0) is 42.8 Å². The fourth-order valence-corrected chi connectivity index (χ4v) is 3.14. The van der Waals surface area contributed by atoms with E-state index in [0.717, 1.165) is 11.1 Å². The zero-order valence-corrected chi connectivity index (χ0v) is 15.7. The molecule has 0 spiro atoms. The van der Waals surface area contributed by atoms with Crippen LogP contribution >= 0.6 is 11.6 Å². The molecule has 0 saturated carbocycles. The Bertz CT molecular complexity index is 1130. The van der Waals surface area contributed by atoms with Crippen LogP contribution in [0.25, 0.3) is 6.08 Å². The fourth-order valence-electron chi connectivity index (χ4n) is 2.93. The number of aryl methyl sites for hydroxylation is 1. The van der Waals surface area contributed by atoms with Crippen LogP contribution in [0, 0.1) is 6.92 Å². The third-order valence-electron chi connectivity index (χ3n) is 4.29. The number of carbonyl (C=O) groups excluding carboxylic acids is 2. The normalized spacial score (nSPS) is 13.9. The quantitative estimate of drug-likeness (QED) is 0.337. The van der Waals surface area contributed by atoms with Crippen molar-refractivity contribution in [1.82, 2.24) is 0 Å². The van der Waals surface area contributed by atoms with Crippen LogP contribution in [-0.2, 0) is 0 Å². The van der Waals surface area contributed by atoms with E-state index in [1.807, 2.05) is 31.2 Å². The summed E-state index contributed by atoms with van der Waals surface area (Å²) < 4.78 is 11.1. The van der Waals surface area contributed by atoms with Crippen LogP contribution in [0.2, 0.25) is 5.02 Å². The molecule has 1 aliphatic heterocycles. The van der Waals surface area contributed by atoms with E-state index in [-0.39, 0.29) is 22.9 Å². The Morgan fingerprint density at radius 2 is 1.86 bits per heavy atom. The molecular weight excluding hydrogens is 376 g/mol. The van der Waals surface area contributed by atoms with E-state index in [1.165, 1.54) is 6.07 Å². The van der Waals surface area contributed by atoms with Crippen molar-refractivity contribution in [1.29, 1.82) is 0 Å². The number of ether oxygens (including phenoxy) is 2. The number of esters is 1. The maximum absolute atomic E-state index is 12.6. The molecular formula is C23H15ClO4. The van der Waals surface area contributed by atoms with Gasteiger partial charge >= 0.3 is 5.97 Å². The van der Waals surface area contributed by atoms with E-state index < -0.39 is 5.97 Å². The van der Waals surface area contributed by atoms with Gasteiger partial charge in [0, 0.05) is 6.07 Å². The predicted octanol–water partition coefficient (Wildman–Crippen LogP) is 5.48. The van der Waals surface area contributed by atoms with Crippen molar-refractivity contribution in [2.45, 2.75) is 6.92 Å². The van der Waals surface area contributed by atoms with Gasteiger partial charge < -0.3 is 9.47 Å². The van der Waals surface area contributed by atoms with Crippen LogP contribution in [0.3, 0.4) is 0 Å². The molecule has 0 aliphatic carbocycles. The Morgan fingerprint density at radius 3 is 2.64 bits per heavy atom. The maximum Gasteiger partial charge on any atom is 0.345 e. The minimum Gasteiger partial charge on any atom is -0.452 e. The van der Waals surface area contributed by atoms with E-state index >= 15 is 0 Å². The smallest absolute Gasteiger partial charge is 0.345 e. The number of allylic oxidation sites excluding steroid dienone is 1. The number of hydrogen-bond acceptors (Lipinski definition) is 4. The van der Waals surface area contributed by atoms with Crippen molar-refractivity contribution in [3.8, 4) is 11.5 Å². The van der Waals surface area contributed by atoms with Gasteiger partial charge in [-0.3, -0.25) is 4.79 Å². The van der Waals surface area contributed by atoms with Gasteiger partial charge in [-0.2, -0.15) is 0 Å². The number of ketones is 1. The second-order valence-electron chi connectivity index (χ2n) is 6.38. The first-order valence-corrected chi connectivity index (χ1v) is 9.01. The number of halogens is 1. The largest absolute Gasteiger partial charge is 0.452 e. The van der Waals surface area contributed by atoms with E-state index in [2.05, 4.69) is 0 Å². The fraction of sp³-hybridized carbons (Fsp3) is 0.0435. The van der Waals surface area contributed by atoms with E-state index in [0.29, 0.717) is 16.3 Å². The average Bonchev–Trinajstić information content (AvgIpc) is 2.97. The molecule has 4 nitrogen and oxygen atoms in total. The molecule has 1 aliphatic rings. The number of Topliss-reactive ketones (excluding diaryl/α,β-unsaturated/α-hetero) is 1. The summed E-state index contributed by atoms with van der Waals surface area (Å²) in [5.74, 6) is 0.0719. The highest BCUT2D eigenvalue weighted by Crippen LogP contribution is 2.35. The molecule has 4 rings (SSSR count). The number of benzene rings is 3. The minimum absolute atomic E-state index is 0.208. The first-order valence-electron chi connectivity index (χ1n) is 8.63. The number of fused-ring (bicyclic) bond motifs is 1. The van der Waals surface area contributed by atoms with Crippen LogP contribution in [0.1, 0.15) is 31.8 Å². The molecule has 28 heavy (non-hydrogen) atoms. The van der Waals surface area contributed by atoms with E-state index in [1.54, 1.807) is 42.5 Å². The van der Waals surface area contributed by atoms with Gasteiger partial charge in [-0.1, -0.05) is 53.6 Å². The Hall–Kier alpha value is -3.37. The Morgan fingerprint density at radius 1 is 1.04 bits per heavy atom. The van der Waals surface area contributed by atoms with Crippen LogP contribution in [0.15, 0.2) is 72.5 Å². The zero-order chi connectivity index (χ0) is 19.7. The summed E-state index contributed by atoms with van der Waals surface area (Å²) in [5, 5.41) is 0.309. The Kier molecular flexibility index (Phi) is 4.72.